The van der Waals surface area contributed by atoms with Gasteiger partial charge in [0.15, 0.2) is 0 Å². The van der Waals surface area contributed by atoms with Crippen LogP contribution in [0.1, 0.15) is 45.4 Å². The molecule has 0 atom stereocenters. The summed E-state index contributed by atoms with van der Waals surface area (Å²) in [4.78, 5) is 10.8. The van der Waals surface area contributed by atoms with Crippen LogP contribution in [0.3, 0.4) is 0 Å². The molecule has 0 aromatic heterocycles. The highest BCUT2D eigenvalue weighted by molar-refractivity contribution is 5.73. The summed E-state index contributed by atoms with van der Waals surface area (Å²) in [6, 6.07) is -0.338. The monoisotopic (exact) mass is 228 g/mol. The van der Waals surface area contributed by atoms with Crippen molar-refractivity contribution in [2.45, 2.75) is 45.4 Å². The zero-order valence-corrected chi connectivity index (χ0v) is 10.2. The molecule has 0 aromatic rings. The highest BCUT2D eigenvalue weighted by atomic mass is 16.3. The van der Waals surface area contributed by atoms with Gasteiger partial charge in [-0.3, -0.25) is 0 Å². The Bertz CT molecular complexity index is 193. The fraction of sp³-hybridized carbons (Fsp3) is 0.750. The zero-order chi connectivity index (χ0) is 12.1. The maximum atomic E-state index is 10.8. The van der Waals surface area contributed by atoms with Crippen molar-refractivity contribution in [3.8, 4) is 0 Å². The summed E-state index contributed by atoms with van der Waals surface area (Å²) in [5, 5.41) is 13.2. The van der Waals surface area contributed by atoms with E-state index in [1.54, 1.807) is 0 Å². The molecule has 4 nitrogen and oxygen atoms in total. The lowest BCUT2D eigenvalue weighted by Gasteiger charge is -2.01. The van der Waals surface area contributed by atoms with Crippen LogP contribution in [-0.2, 0) is 0 Å². The Morgan fingerprint density at radius 2 is 1.88 bits per heavy atom. The molecule has 0 fully saturated rings. The third-order valence-corrected chi connectivity index (χ3v) is 2.26. The first-order valence-electron chi connectivity index (χ1n) is 6.08. The van der Waals surface area contributed by atoms with E-state index in [1.807, 2.05) is 6.08 Å². The van der Waals surface area contributed by atoms with Crippen molar-refractivity contribution in [3.63, 3.8) is 0 Å². The van der Waals surface area contributed by atoms with Crippen molar-refractivity contribution >= 4 is 6.03 Å². The number of hydrogen-bond acceptors (Lipinski definition) is 2. The first-order chi connectivity index (χ1) is 7.81. The SMILES string of the molecule is CCCCCCC/C=C/CNC(=O)NCO. The molecule has 3 N–H and O–H groups in total. The number of carbonyl (C=O) groups is 1. The van der Waals surface area contributed by atoms with Crippen molar-refractivity contribution in [3.05, 3.63) is 12.2 Å². The van der Waals surface area contributed by atoms with Gasteiger partial charge in [0.05, 0.1) is 0 Å². The molecule has 94 valence electrons. The molecule has 0 saturated heterocycles. The van der Waals surface area contributed by atoms with E-state index >= 15 is 0 Å². The predicted molar refractivity (Wildman–Crippen MR) is 66.1 cm³/mol. The van der Waals surface area contributed by atoms with Gasteiger partial charge in [0.2, 0.25) is 0 Å². The van der Waals surface area contributed by atoms with Crippen molar-refractivity contribution in [2.24, 2.45) is 0 Å². The molecule has 0 radical (unpaired) electrons. The average molecular weight is 228 g/mol. The van der Waals surface area contributed by atoms with E-state index in [9.17, 15) is 4.79 Å². The number of amides is 2. The van der Waals surface area contributed by atoms with E-state index < -0.39 is 0 Å². The van der Waals surface area contributed by atoms with Crippen LogP contribution in [0.15, 0.2) is 12.2 Å². The van der Waals surface area contributed by atoms with Gasteiger partial charge in [0.25, 0.3) is 0 Å². The summed E-state index contributed by atoms with van der Waals surface area (Å²) in [6.45, 7) is 2.40. The van der Waals surface area contributed by atoms with Gasteiger partial charge in [-0.05, 0) is 12.8 Å². The van der Waals surface area contributed by atoms with Crippen LogP contribution in [0.2, 0.25) is 0 Å². The van der Waals surface area contributed by atoms with E-state index in [4.69, 9.17) is 5.11 Å². The highest BCUT2D eigenvalue weighted by Crippen LogP contribution is 2.04. The lowest BCUT2D eigenvalue weighted by Crippen LogP contribution is -2.35. The van der Waals surface area contributed by atoms with Gasteiger partial charge in [-0.2, -0.15) is 0 Å². The number of rotatable bonds is 9. The number of nitrogens with one attached hydrogen (secondary N) is 2. The summed E-state index contributed by atoms with van der Waals surface area (Å²) in [5.74, 6) is 0. The summed E-state index contributed by atoms with van der Waals surface area (Å²) < 4.78 is 0. The van der Waals surface area contributed by atoms with Crippen molar-refractivity contribution in [1.82, 2.24) is 10.6 Å². The molecule has 0 aromatic carbocycles. The minimum atomic E-state index is -0.338. The predicted octanol–water partition coefficient (Wildman–Crippen LogP) is 2.15. The Morgan fingerprint density at radius 1 is 1.12 bits per heavy atom. The second kappa shape index (κ2) is 12.0. The van der Waals surface area contributed by atoms with E-state index in [2.05, 4.69) is 23.6 Å². The highest BCUT2D eigenvalue weighted by Gasteiger charge is 1.92. The fourth-order valence-corrected chi connectivity index (χ4v) is 1.35. The topological polar surface area (TPSA) is 61.4 Å². The summed E-state index contributed by atoms with van der Waals surface area (Å²) in [7, 11) is 0. The van der Waals surface area contributed by atoms with Gasteiger partial charge < -0.3 is 15.7 Å². The van der Waals surface area contributed by atoms with Crippen LogP contribution in [0.4, 0.5) is 4.79 Å². The number of aliphatic hydroxyl groups excluding tert-OH is 1. The van der Waals surface area contributed by atoms with Gasteiger partial charge in [-0.25, -0.2) is 4.79 Å². The van der Waals surface area contributed by atoms with Gasteiger partial charge in [0.1, 0.15) is 6.73 Å². The summed E-state index contributed by atoms with van der Waals surface area (Å²) >= 11 is 0. The standard InChI is InChI=1S/C12H24N2O2/c1-2-3-4-5-6-7-8-9-10-13-12(16)14-11-15/h8-9,15H,2-7,10-11H2,1H3,(H2,13,14,16)/b9-8+. The fourth-order valence-electron chi connectivity index (χ4n) is 1.35. The lowest BCUT2D eigenvalue weighted by molar-refractivity contribution is 0.218. The second-order valence-electron chi connectivity index (χ2n) is 3.72. The second-order valence-corrected chi connectivity index (χ2v) is 3.72. The van der Waals surface area contributed by atoms with Gasteiger partial charge in [0, 0.05) is 6.54 Å². The quantitative estimate of drug-likeness (QED) is 0.322. The Morgan fingerprint density at radius 3 is 2.56 bits per heavy atom. The Kier molecular flexibility index (Phi) is 11.3. The molecule has 0 saturated carbocycles. The lowest BCUT2D eigenvalue weighted by atomic mass is 10.1. The van der Waals surface area contributed by atoms with E-state index in [0.29, 0.717) is 6.54 Å². The summed E-state index contributed by atoms with van der Waals surface area (Å²) in [6.07, 6.45) is 11.5. The first kappa shape index (κ1) is 15.0. The van der Waals surface area contributed by atoms with Gasteiger partial charge in [-0.1, -0.05) is 44.8 Å². The number of hydrogen-bond donors (Lipinski definition) is 3. The normalized spacial score (nSPS) is 10.6. The first-order valence-corrected chi connectivity index (χ1v) is 6.08. The van der Waals surface area contributed by atoms with Gasteiger partial charge in [-0.15, -0.1) is 0 Å². The molecule has 2 amide bonds. The van der Waals surface area contributed by atoms with Crippen LogP contribution in [-0.4, -0.2) is 24.4 Å². The van der Waals surface area contributed by atoms with Crippen LogP contribution >= 0.6 is 0 Å². The molecular formula is C12H24N2O2. The summed E-state index contributed by atoms with van der Waals surface area (Å²) in [5.41, 5.74) is 0. The van der Waals surface area contributed by atoms with Crippen molar-refractivity contribution < 1.29 is 9.90 Å². The van der Waals surface area contributed by atoms with E-state index in [0.717, 1.165) is 6.42 Å². The number of aliphatic hydroxyl groups is 1. The molecule has 0 aliphatic rings. The smallest absolute Gasteiger partial charge is 0.316 e. The molecule has 0 aliphatic heterocycles. The largest absolute Gasteiger partial charge is 0.376 e. The Hall–Kier alpha value is -1.03. The third kappa shape index (κ3) is 11.0. The molecule has 0 heterocycles. The van der Waals surface area contributed by atoms with E-state index in [1.165, 1.54) is 32.1 Å². The number of unbranched alkanes of at least 4 members (excludes halogenated alkanes) is 5. The van der Waals surface area contributed by atoms with Gasteiger partial charge >= 0.3 is 6.03 Å². The maximum absolute atomic E-state index is 10.8. The molecule has 4 heteroatoms. The molecule has 0 rings (SSSR count). The minimum Gasteiger partial charge on any atom is -0.376 e. The molecular weight excluding hydrogens is 204 g/mol. The van der Waals surface area contributed by atoms with Crippen LogP contribution in [0.25, 0.3) is 0 Å². The number of urea groups is 1. The molecule has 0 bridgehead atoms. The molecule has 16 heavy (non-hydrogen) atoms. The molecule has 0 unspecified atom stereocenters. The molecule has 0 aliphatic carbocycles. The maximum Gasteiger partial charge on any atom is 0.316 e. The van der Waals surface area contributed by atoms with E-state index in [-0.39, 0.29) is 12.8 Å². The zero-order valence-electron chi connectivity index (χ0n) is 10.2. The Balaban J connectivity index is 3.18. The Labute approximate surface area is 98.1 Å². The third-order valence-electron chi connectivity index (χ3n) is 2.26. The molecule has 0 spiro atoms. The minimum absolute atomic E-state index is 0.326. The van der Waals surface area contributed by atoms with Crippen LogP contribution < -0.4 is 10.6 Å². The van der Waals surface area contributed by atoms with Crippen molar-refractivity contribution in [2.75, 3.05) is 13.3 Å². The number of carbonyl (C=O) groups excluding carboxylic acids is 1. The average Bonchev–Trinajstić information content (AvgIpc) is 2.27. The van der Waals surface area contributed by atoms with Crippen LogP contribution in [0, 0.1) is 0 Å². The number of allylic oxidation sites excluding steroid dienone is 1. The van der Waals surface area contributed by atoms with Crippen LogP contribution in [0.5, 0.6) is 0 Å². The van der Waals surface area contributed by atoms with Crippen molar-refractivity contribution in [1.29, 1.82) is 0 Å².